The molecule has 0 saturated carbocycles. The average Bonchev–Trinajstić information content (AvgIpc) is 3.30. The molecule has 8 nitrogen and oxygen atoms in total. The summed E-state index contributed by atoms with van der Waals surface area (Å²) in [5.74, 6) is -1.52. The number of ketones is 1. The highest BCUT2D eigenvalue weighted by Gasteiger charge is 2.24. The lowest BCUT2D eigenvalue weighted by molar-refractivity contribution is 0.0501. The van der Waals surface area contributed by atoms with Gasteiger partial charge in [0.15, 0.2) is 5.78 Å². The van der Waals surface area contributed by atoms with Crippen LogP contribution < -0.4 is 11.2 Å². The normalized spacial score (nSPS) is 17.6. The number of methoxy groups -OCH3 is 1. The Morgan fingerprint density at radius 2 is 2.10 bits per heavy atom. The fraction of sp³-hybridized carbons (Fsp3) is 0.550. The van der Waals surface area contributed by atoms with E-state index in [-0.39, 0.29) is 6.04 Å². The molecule has 3 heterocycles. The van der Waals surface area contributed by atoms with Crippen LogP contribution >= 0.6 is 0 Å². The SMILES string of the molecule is COC[C@H](C)n1c(C)cc(C(=O)Cn2c(=O)c(F)cn([C@H]3CCCO3)c2=O)c1C. The van der Waals surface area contributed by atoms with Crippen molar-refractivity contribution in [1.29, 1.82) is 0 Å². The van der Waals surface area contributed by atoms with Gasteiger partial charge in [0.25, 0.3) is 5.56 Å². The van der Waals surface area contributed by atoms with Crippen LogP contribution in [0.25, 0.3) is 0 Å². The van der Waals surface area contributed by atoms with Gasteiger partial charge in [0, 0.05) is 30.7 Å². The fourth-order valence-electron chi connectivity index (χ4n) is 4.00. The molecule has 0 amide bonds. The second kappa shape index (κ2) is 8.46. The third-order valence-electron chi connectivity index (χ3n) is 5.30. The fourth-order valence-corrected chi connectivity index (χ4v) is 4.00. The Labute approximate surface area is 167 Å². The van der Waals surface area contributed by atoms with Crippen molar-refractivity contribution in [3.05, 3.63) is 55.9 Å². The van der Waals surface area contributed by atoms with Crippen molar-refractivity contribution in [3.8, 4) is 0 Å². The maximum absolute atomic E-state index is 14.2. The highest BCUT2D eigenvalue weighted by molar-refractivity contribution is 5.97. The topological polar surface area (TPSA) is 84.5 Å². The zero-order valence-corrected chi connectivity index (χ0v) is 17.1. The summed E-state index contributed by atoms with van der Waals surface area (Å²) in [4.78, 5) is 37.9. The molecule has 0 N–H and O–H groups in total. The van der Waals surface area contributed by atoms with Gasteiger partial charge in [0.05, 0.1) is 25.4 Å². The van der Waals surface area contributed by atoms with E-state index < -0.39 is 35.6 Å². The highest BCUT2D eigenvalue weighted by atomic mass is 19.1. The molecule has 1 aliphatic heterocycles. The maximum Gasteiger partial charge on any atom is 0.333 e. The summed E-state index contributed by atoms with van der Waals surface area (Å²) in [5, 5.41) is 0. The summed E-state index contributed by atoms with van der Waals surface area (Å²) in [5.41, 5.74) is 0.0988. The monoisotopic (exact) mass is 407 g/mol. The first-order valence-corrected chi connectivity index (χ1v) is 9.59. The van der Waals surface area contributed by atoms with Gasteiger partial charge in [0.2, 0.25) is 5.82 Å². The predicted octanol–water partition coefficient (Wildman–Crippen LogP) is 1.97. The molecule has 3 rings (SSSR count). The number of carbonyl (C=O) groups is 1. The van der Waals surface area contributed by atoms with Crippen LogP contribution in [0.2, 0.25) is 0 Å². The van der Waals surface area contributed by atoms with Gasteiger partial charge in [-0.15, -0.1) is 0 Å². The standard InChI is InChI=1S/C20H26FN3O5/c1-12-8-15(14(3)24(12)13(2)11-28-4)17(25)10-23-19(26)16(21)9-22(20(23)27)18-6-5-7-29-18/h8-9,13,18H,5-7,10-11H2,1-4H3/t13-,18+/m0/s1. The van der Waals surface area contributed by atoms with Crippen molar-refractivity contribution < 1.29 is 18.7 Å². The third-order valence-corrected chi connectivity index (χ3v) is 5.30. The molecule has 2 atom stereocenters. The Hall–Kier alpha value is -2.52. The van der Waals surface area contributed by atoms with E-state index in [4.69, 9.17) is 9.47 Å². The first-order chi connectivity index (χ1) is 13.8. The lowest BCUT2D eigenvalue weighted by Gasteiger charge is -2.18. The maximum atomic E-state index is 14.2. The van der Waals surface area contributed by atoms with E-state index >= 15 is 0 Å². The molecule has 0 aliphatic carbocycles. The molecule has 0 spiro atoms. The average molecular weight is 407 g/mol. The summed E-state index contributed by atoms with van der Waals surface area (Å²) in [6.45, 7) is 6.03. The van der Waals surface area contributed by atoms with Crippen LogP contribution in [0.4, 0.5) is 4.39 Å². The van der Waals surface area contributed by atoms with Crippen molar-refractivity contribution in [2.24, 2.45) is 0 Å². The third kappa shape index (κ3) is 3.97. The number of aromatic nitrogens is 3. The van der Waals surface area contributed by atoms with E-state index in [2.05, 4.69) is 0 Å². The van der Waals surface area contributed by atoms with Crippen molar-refractivity contribution >= 4 is 5.78 Å². The Morgan fingerprint density at radius 1 is 1.38 bits per heavy atom. The Kier molecular flexibility index (Phi) is 6.18. The first-order valence-electron chi connectivity index (χ1n) is 9.59. The highest BCUT2D eigenvalue weighted by Crippen LogP contribution is 2.22. The molecule has 0 aromatic carbocycles. The first kappa shape index (κ1) is 21.2. The van der Waals surface area contributed by atoms with E-state index in [0.29, 0.717) is 35.5 Å². The number of halogens is 1. The molecule has 158 valence electrons. The second-order valence-electron chi connectivity index (χ2n) is 7.41. The minimum atomic E-state index is -1.11. The van der Waals surface area contributed by atoms with Gasteiger partial charge in [-0.25, -0.2) is 9.36 Å². The van der Waals surface area contributed by atoms with Crippen LogP contribution in [0.5, 0.6) is 0 Å². The molecule has 2 aromatic rings. The minimum absolute atomic E-state index is 0.00943. The Morgan fingerprint density at radius 3 is 2.72 bits per heavy atom. The van der Waals surface area contributed by atoms with Gasteiger partial charge >= 0.3 is 5.69 Å². The second-order valence-corrected chi connectivity index (χ2v) is 7.41. The van der Waals surface area contributed by atoms with Crippen molar-refractivity contribution in [3.63, 3.8) is 0 Å². The van der Waals surface area contributed by atoms with Gasteiger partial charge in [-0.05, 0) is 39.7 Å². The molecule has 2 aromatic heterocycles. The number of Topliss-reactive ketones (excluding diaryl/α,β-unsaturated/α-hetero) is 1. The van der Waals surface area contributed by atoms with Crippen molar-refractivity contribution in [2.45, 2.75) is 52.4 Å². The zero-order chi connectivity index (χ0) is 21.3. The summed E-state index contributed by atoms with van der Waals surface area (Å²) >= 11 is 0. The van der Waals surface area contributed by atoms with E-state index in [9.17, 15) is 18.8 Å². The van der Waals surface area contributed by atoms with Crippen molar-refractivity contribution in [1.82, 2.24) is 13.7 Å². The number of carbonyl (C=O) groups excluding carboxylic acids is 1. The Balaban J connectivity index is 1.97. The lowest BCUT2D eigenvalue weighted by Crippen LogP contribution is -2.43. The van der Waals surface area contributed by atoms with Crippen LogP contribution in [-0.2, 0) is 16.0 Å². The van der Waals surface area contributed by atoms with Gasteiger partial charge < -0.3 is 14.0 Å². The summed E-state index contributed by atoms with van der Waals surface area (Å²) < 4.78 is 28.5. The number of ether oxygens (including phenoxy) is 2. The van der Waals surface area contributed by atoms with Gasteiger partial charge in [-0.3, -0.25) is 14.2 Å². The van der Waals surface area contributed by atoms with Gasteiger partial charge in [-0.1, -0.05) is 0 Å². The number of hydrogen-bond donors (Lipinski definition) is 0. The summed E-state index contributed by atoms with van der Waals surface area (Å²) in [6.07, 6.45) is 1.52. The van der Waals surface area contributed by atoms with E-state index in [1.54, 1.807) is 20.1 Å². The van der Waals surface area contributed by atoms with E-state index in [1.807, 2.05) is 18.4 Å². The molecule has 0 bridgehead atoms. The molecular formula is C20H26FN3O5. The molecule has 0 radical (unpaired) electrons. The zero-order valence-electron chi connectivity index (χ0n) is 17.1. The number of rotatable bonds is 7. The Bertz CT molecular complexity index is 1030. The van der Waals surface area contributed by atoms with E-state index in [0.717, 1.165) is 22.9 Å². The molecular weight excluding hydrogens is 381 g/mol. The van der Waals surface area contributed by atoms with Crippen LogP contribution in [0.3, 0.4) is 0 Å². The largest absolute Gasteiger partial charge is 0.383 e. The van der Waals surface area contributed by atoms with Gasteiger partial charge in [0.1, 0.15) is 6.23 Å². The van der Waals surface area contributed by atoms with Gasteiger partial charge in [-0.2, -0.15) is 4.39 Å². The van der Waals surface area contributed by atoms with Crippen LogP contribution in [0.15, 0.2) is 21.9 Å². The molecule has 29 heavy (non-hydrogen) atoms. The molecule has 1 aliphatic rings. The number of aryl methyl sites for hydroxylation is 1. The minimum Gasteiger partial charge on any atom is -0.383 e. The summed E-state index contributed by atoms with van der Waals surface area (Å²) in [7, 11) is 1.60. The lowest BCUT2D eigenvalue weighted by atomic mass is 10.1. The molecule has 1 fully saturated rings. The number of hydrogen-bond acceptors (Lipinski definition) is 5. The molecule has 9 heteroatoms. The van der Waals surface area contributed by atoms with Crippen LogP contribution in [-0.4, -0.2) is 39.8 Å². The quantitative estimate of drug-likeness (QED) is 0.655. The van der Waals surface area contributed by atoms with Crippen LogP contribution in [0, 0.1) is 19.7 Å². The van der Waals surface area contributed by atoms with Crippen molar-refractivity contribution in [2.75, 3.05) is 20.3 Å². The predicted molar refractivity (Wildman–Crippen MR) is 104 cm³/mol. The summed E-state index contributed by atoms with van der Waals surface area (Å²) in [6, 6.07) is 1.72. The number of nitrogens with zero attached hydrogens (tertiary/aromatic N) is 3. The van der Waals surface area contributed by atoms with Crippen LogP contribution in [0.1, 0.15) is 53.8 Å². The van der Waals surface area contributed by atoms with E-state index in [1.165, 1.54) is 0 Å². The molecule has 1 saturated heterocycles. The molecule has 0 unspecified atom stereocenters. The smallest absolute Gasteiger partial charge is 0.333 e.